The minimum Gasteiger partial charge on any atom is -0.481 e. The first-order chi connectivity index (χ1) is 9.34. The molecule has 0 aromatic rings. The van der Waals surface area contributed by atoms with Gasteiger partial charge >= 0.3 is 12.0 Å². The highest BCUT2D eigenvalue weighted by atomic mass is 16.4. The van der Waals surface area contributed by atoms with Crippen LogP contribution in [0.25, 0.3) is 0 Å². The highest BCUT2D eigenvalue weighted by Crippen LogP contribution is 1.99. The minimum atomic E-state index is -0.832. The van der Waals surface area contributed by atoms with Crippen molar-refractivity contribution < 1.29 is 14.7 Å². The molecule has 0 aliphatic rings. The van der Waals surface area contributed by atoms with Crippen LogP contribution < -0.4 is 10.6 Å². The van der Waals surface area contributed by atoms with Gasteiger partial charge in [0.05, 0.1) is 5.92 Å². The van der Waals surface area contributed by atoms with Crippen molar-refractivity contribution in [2.75, 3.05) is 26.7 Å². The fraction of sp³-hybridized carbons (Fsp3) is 0.857. The first-order valence-corrected chi connectivity index (χ1v) is 7.29. The molecule has 0 aromatic heterocycles. The van der Waals surface area contributed by atoms with Crippen LogP contribution in [0.4, 0.5) is 4.79 Å². The summed E-state index contributed by atoms with van der Waals surface area (Å²) in [5.41, 5.74) is 0. The number of nitrogens with zero attached hydrogens (tertiary/aromatic N) is 1. The van der Waals surface area contributed by atoms with E-state index in [1.807, 2.05) is 0 Å². The summed E-state index contributed by atoms with van der Waals surface area (Å²) in [4.78, 5) is 24.3. The zero-order chi connectivity index (χ0) is 15.5. The molecule has 1 atom stereocenters. The number of rotatable bonds is 10. The standard InChI is InChI=1S/C14H29N3O3/c1-11(2)17(4)10-6-5-8-15-14(20)16-9-7-12(3)13(18)19/h11-12H,5-10H2,1-4H3,(H,18,19)(H2,15,16,20). The first-order valence-electron chi connectivity index (χ1n) is 7.29. The molecule has 0 radical (unpaired) electrons. The lowest BCUT2D eigenvalue weighted by Gasteiger charge is -2.20. The van der Waals surface area contributed by atoms with Crippen molar-refractivity contribution in [3.05, 3.63) is 0 Å². The second kappa shape index (κ2) is 10.5. The van der Waals surface area contributed by atoms with Crippen molar-refractivity contribution in [2.24, 2.45) is 5.92 Å². The molecule has 0 bridgehead atoms. The molecule has 2 amide bonds. The van der Waals surface area contributed by atoms with Crippen LogP contribution in [0.15, 0.2) is 0 Å². The van der Waals surface area contributed by atoms with Gasteiger partial charge in [0.1, 0.15) is 0 Å². The second-order valence-corrected chi connectivity index (χ2v) is 5.49. The number of hydrogen-bond donors (Lipinski definition) is 3. The number of hydrogen-bond acceptors (Lipinski definition) is 3. The van der Waals surface area contributed by atoms with Gasteiger partial charge in [-0.05, 0) is 46.7 Å². The molecule has 118 valence electrons. The average molecular weight is 287 g/mol. The van der Waals surface area contributed by atoms with E-state index in [0.717, 1.165) is 19.4 Å². The largest absolute Gasteiger partial charge is 0.481 e. The van der Waals surface area contributed by atoms with Gasteiger partial charge in [0.25, 0.3) is 0 Å². The molecule has 0 aliphatic heterocycles. The highest BCUT2D eigenvalue weighted by molar-refractivity contribution is 5.74. The SMILES string of the molecule is CC(CCNC(=O)NCCCCN(C)C(C)C)C(=O)O. The van der Waals surface area contributed by atoms with Crippen molar-refractivity contribution in [3.8, 4) is 0 Å². The molecule has 0 aliphatic carbocycles. The van der Waals surface area contributed by atoms with Crippen LogP contribution in [-0.2, 0) is 4.79 Å². The third-order valence-corrected chi connectivity index (χ3v) is 3.39. The maximum atomic E-state index is 11.4. The molecule has 3 N–H and O–H groups in total. The van der Waals surface area contributed by atoms with Gasteiger partial charge in [-0.15, -0.1) is 0 Å². The highest BCUT2D eigenvalue weighted by Gasteiger charge is 2.10. The molecule has 0 fully saturated rings. The summed E-state index contributed by atoms with van der Waals surface area (Å²) in [6.45, 7) is 8.00. The van der Waals surface area contributed by atoms with Crippen molar-refractivity contribution >= 4 is 12.0 Å². The quantitative estimate of drug-likeness (QED) is 0.532. The van der Waals surface area contributed by atoms with E-state index in [1.165, 1.54) is 0 Å². The summed E-state index contributed by atoms with van der Waals surface area (Å²) >= 11 is 0. The number of carboxylic acid groups (broad SMARTS) is 1. The van der Waals surface area contributed by atoms with Crippen LogP contribution in [0.5, 0.6) is 0 Å². The Labute approximate surface area is 121 Å². The first kappa shape index (κ1) is 18.7. The van der Waals surface area contributed by atoms with E-state index in [0.29, 0.717) is 25.6 Å². The Bertz CT molecular complexity index is 295. The molecule has 0 saturated heterocycles. The van der Waals surface area contributed by atoms with Gasteiger partial charge in [-0.25, -0.2) is 4.79 Å². The third-order valence-electron chi connectivity index (χ3n) is 3.39. The van der Waals surface area contributed by atoms with Crippen LogP contribution in [0.3, 0.4) is 0 Å². The Morgan fingerprint density at radius 1 is 1.10 bits per heavy atom. The van der Waals surface area contributed by atoms with E-state index in [1.54, 1.807) is 6.92 Å². The number of carboxylic acids is 1. The summed E-state index contributed by atoms with van der Waals surface area (Å²) in [6.07, 6.45) is 2.43. The van der Waals surface area contributed by atoms with Crippen molar-refractivity contribution in [3.63, 3.8) is 0 Å². The molecule has 20 heavy (non-hydrogen) atoms. The normalized spacial score (nSPS) is 12.5. The van der Waals surface area contributed by atoms with Crippen molar-refractivity contribution in [1.82, 2.24) is 15.5 Å². The molecular formula is C14H29N3O3. The Hall–Kier alpha value is -1.30. The molecule has 1 unspecified atom stereocenters. The van der Waals surface area contributed by atoms with E-state index in [4.69, 9.17) is 5.11 Å². The van der Waals surface area contributed by atoms with E-state index in [2.05, 4.69) is 36.4 Å². The minimum absolute atomic E-state index is 0.222. The van der Waals surface area contributed by atoms with Gasteiger partial charge in [0, 0.05) is 19.1 Å². The van der Waals surface area contributed by atoms with Gasteiger partial charge in [-0.2, -0.15) is 0 Å². The number of nitrogens with one attached hydrogen (secondary N) is 2. The maximum Gasteiger partial charge on any atom is 0.314 e. The zero-order valence-corrected chi connectivity index (χ0v) is 13.1. The molecule has 0 saturated carbocycles. The van der Waals surface area contributed by atoms with E-state index >= 15 is 0 Å². The van der Waals surface area contributed by atoms with Gasteiger partial charge in [0.15, 0.2) is 0 Å². The van der Waals surface area contributed by atoms with Gasteiger partial charge < -0.3 is 20.6 Å². The molecule has 0 spiro atoms. The lowest BCUT2D eigenvalue weighted by Crippen LogP contribution is -2.37. The van der Waals surface area contributed by atoms with Crippen molar-refractivity contribution in [2.45, 2.75) is 46.1 Å². The van der Waals surface area contributed by atoms with E-state index in [-0.39, 0.29) is 6.03 Å². The van der Waals surface area contributed by atoms with Crippen LogP contribution in [0, 0.1) is 5.92 Å². The van der Waals surface area contributed by atoms with Crippen LogP contribution in [-0.4, -0.2) is 54.7 Å². The van der Waals surface area contributed by atoms with E-state index in [9.17, 15) is 9.59 Å². The summed E-state index contributed by atoms with van der Waals surface area (Å²) in [7, 11) is 2.09. The lowest BCUT2D eigenvalue weighted by atomic mass is 10.1. The number of carbonyl (C=O) groups is 2. The van der Waals surface area contributed by atoms with Crippen LogP contribution in [0.2, 0.25) is 0 Å². The molecule has 6 heteroatoms. The summed E-state index contributed by atoms with van der Waals surface area (Å²) in [5.74, 6) is -1.26. The van der Waals surface area contributed by atoms with Gasteiger partial charge in [-0.1, -0.05) is 6.92 Å². The zero-order valence-electron chi connectivity index (χ0n) is 13.1. The third kappa shape index (κ3) is 9.61. The number of urea groups is 1. The molecule has 6 nitrogen and oxygen atoms in total. The maximum absolute atomic E-state index is 11.4. The fourth-order valence-electron chi connectivity index (χ4n) is 1.53. The monoisotopic (exact) mass is 287 g/mol. The van der Waals surface area contributed by atoms with Crippen LogP contribution in [0.1, 0.15) is 40.0 Å². The Morgan fingerprint density at radius 3 is 2.25 bits per heavy atom. The topological polar surface area (TPSA) is 81.7 Å². The Morgan fingerprint density at radius 2 is 1.70 bits per heavy atom. The summed E-state index contributed by atoms with van der Waals surface area (Å²) in [5, 5.41) is 14.1. The Balaban J connectivity index is 3.48. The van der Waals surface area contributed by atoms with E-state index < -0.39 is 11.9 Å². The van der Waals surface area contributed by atoms with Gasteiger partial charge in [-0.3, -0.25) is 4.79 Å². The number of carbonyl (C=O) groups excluding carboxylic acids is 1. The molecule has 0 rings (SSSR count). The predicted molar refractivity (Wildman–Crippen MR) is 79.8 cm³/mol. The average Bonchev–Trinajstić information content (AvgIpc) is 2.37. The summed E-state index contributed by atoms with van der Waals surface area (Å²) < 4.78 is 0. The number of amides is 2. The number of unbranched alkanes of at least 4 members (excludes halogenated alkanes) is 1. The molecule has 0 aromatic carbocycles. The Kier molecular flexibility index (Phi) is 9.80. The summed E-state index contributed by atoms with van der Waals surface area (Å²) in [6, 6.07) is 0.322. The fourth-order valence-corrected chi connectivity index (χ4v) is 1.53. The van der Waals surface area contributed by atoms with Gasteiger partial charge in [0.2, 0.25) is 0 Å². The molecule has 0 heterocycles. The lowest BCUT2D eigenvalue weighted by molar-refractivity contribution is -0.141. The second-order valence-electron chi connectivity index (χ2n) is 5.49. The number of aliphatic carboxylic acids is 1. The van der Waals surface area contributed by atoms with Crippen LogP contribution >= 0.6 is 0 Å². The smallest absolute Gasteiger partial charge is 0.314 e. The predicted octanol–water partition coefficient (Wildman–Crippen LogP) is 1.52. The van der Waals surface area contributed by atoms with Crippen molar-refractivity contribution in [1.29, 1.82) is 0 Å². The molecular weight excluding hydrogens is 258 g/mol.